The number of hydrogen-bond acceptors (Lipinski definition) is 8. The fourth-order valence-corrected chi connectivity index (χ4v) is 1.89. The fourth-order valence-electron chi connectivity index (χ4n) is 1.07. The van der Waals surface area contributed by atoms with E-state index in [1.54, 1.807) is 0 Å². The van der Waals surface area contributed by atoms with Crippen LogP contribution in [0.2, 0.25) is 0 Å². The summed E-state index contributed by atoms with van der Waals surface area (Å²) in [6.45, 7) is 0. The molecule has 0 atom stereocenters. The Balaban J connectivity index is 2.42. The number of aromatic amines is 1. The van der Waals surface area contributed by atoms with Crippen molar-refractivity contribution in [2.45, 2.75) is 10.2 Å². The van der Waals surface area contributed by atoms with Crippen LogP contribution in [0, 0.1) is 10.1 Å². The van der Waals surface area contributed by atoms with Crippen molar-refractivity contribution < 1.29 is 4.92 Å². The zero-order valence-electron chi connectivity index (χ0n) is 8.73. The fraction of sp³-hybridized carbons (Fsp3) is 0. The second-order valence-corrected chi connectivity index (χ2v) is 3.99. The molecule has 0 bridgehead atoms. The van der Waals surface area contributed by atoms with Gasteiger partial charge in [0.15, 0.2) is 10.2 Å². The standard InChI is InChI=1S/C8H6N6O3S/c9-7-11-3-4(14(16)17)6(13-7)18-8-10-2-1-5(15)12-8/h1-3H,(H2,9,11,13)(H,10,12,15). The predicted molar refractivity (Wildman–Crippen MR) is 62.1 cm³/mol. The number of anilines is 1. The minimum atomic E-state index is -0.636. The Morgan fingerprint density at radius 3 is 2.89 bits per heavy atom. The smallest absolute Gasteiger partial charge is 0.320 e. The summed E-state index contributed by atoms with van der Waals surface area (Å²) in [7, 11) is 0. The molecule has 0 aliphatic rings. The second-order valence-electron chi connectivity index (χ2n) is 3.02. The molecule has 0 fully saturated rings. The van der Waals surface area contributed by atoms with E-state index in [1.165, 1.54) is 12.3 Å². The van der Waals surface area contributed by atoms with Gasteiger partial charge in [-0.1, -0.05) is 0 Å². The molecule has 0 aromatic carbocycles. The van der Waals surface area contributed by atoms with Crippen molar-refractivity contribution in [1.82, 2.24) is 19.9 Å². The Kier molecular flexibility index (Phi) is 3.19. The summed E-state index contributed by atoms with van der Waals surface area (Å²) in [5.41, 5.74) is 4.69. The van der Waals surface area contributed by atoms with E-state index < -0.39 is 4.92 Å². The maximum absolute atomic E-state index is 11.1. The van der Waals surface area contributed by atoms with Crippen molar-refractivity contribution in [2.24, 2.45) is 0 Å². The Bertz CT molecular complexity index is 657. The maximum Gasteiger partial charge on any atom is 0.320 e. The van der Waals surface area contributed by atoms with Gasteiger partial charge in [0.1, 0.15) is 6.20 Å². The third-order valence-corrected chi connectivity index (χ3v) is 2.69. The number of nitro groups is 1. The minimum Gasteiger partial charge on any atom is -0.368 e. The Hall–Kier alpha value is -2.49. The highest BCUT2D eigenvalue weighted by atomic mass is 32.2. The highest BCUT2D eigenvalue weighted by molar-refractivity contribution is 7.99. The lowest BCUT2D eigenvalue weighted by Gasteiger charge is -2.01. The Labute approximate surface area is 104 Å². The lowest BCUT2D eigenvalue weighted by molar-refractivity contribution is -0.388. The molecule has 10 heteroatoms. The van der Waals surface area contributed by atoms with Gasteiger partial charge in [-0.05, 0) is 11.8 Å². The number of nitrogens with two attached hydrogens (primary N) is 1. The summed E-state index contributed by atoms with van der Waals surface area (Å²) in [4.78, 5) is 34.7. The van der Waals surface area contributed by atoms with E-state index in [4.69, 9.17) is 5.73 Å². The summed E-state index contributed by atoms with van der Waals surface area (Å²) in [5, 5.41) is 11.0. The van der Waals surface area contributed by atoms with E-state index in [9.17, 15) is 14.9 Å². The van der Waals surface area contributed by atoms with Gasteiger partial charge in [-0.15, -0.1) is 0 Å². The number of nitrogens with zero attached hydrogens (tertiary/aromatic N) is 4. The van der Waals surface area contributed by atoms with Crippen LogP contribution in [0.4, 0.5) is 11.6 Å². The molecule has 18 heavy (non-hydrogen) atoms. The highest BCUT2D eigenvalue weighted by Crippen LogP contribution is 2.30. The van der Waals surface area contributed by atoms with Crippen LogP contribution in [-0.2, 0) is 0 Å². The summed E-state index contributed by atoms with van der Waals surface area (Å²) in [6, 6.07) is 1.23. The van der Waals surface area contributed by atoms with Crippen LogP contribution in [0.15, 0.2) is 33.4 Å². The normalized spacial score (nSPS) is 10.2. The Morgan fingerprint density at radius 2 is 2.22 bits per heavy atom. The number of aromatic nitrogens is 4. The zero-order chi connectivity index (χ0) is 13.1. The van der Waals surface area contributed by atoms with Crippen LogP contribution in [0.5, 0.6) is 0 Å². The van der Waals surface area contributed by atoms with Crippen LogP contribution < -0.4 is 11.3 Å². The van der Waals surface area contributed by atoms with Gasteiger partial charge in [-0.2, -0.15) is 4.98 Å². The van der Waals surface area contributed by atoms with Gasteiger partial charge in [0.25, 0.3) is 5.56 Å². The molecule has 92 valence electrons. The quantitative estimate of drug-likeness (QED) is 0.347. The largest absolute Gasteiger partial charge is 0.368 e. The molecule has 2 aromatic rings. The van der Waals surface area contributed by atoms with E-state index in [0.717, 1.165) is 18.0 Å². The van der Waals surface area contributed by atoms with E-state index in [-0.39, 0.29) is 27.4 Å². The zero-order valence-corrected chi connectivity index (χ0v) is 9.55. The summed E-state index contributed by atoms with van der Waals surface area (Å²) >= 11 is 0.831. The number of H-pyrrole nitrogens is 1. The average molecular weight is 266 g/mol. The molecular formula is C8H6N6O3S. The van der Waals surface area contributed by atoms with Gasteiger partial charge in [-0.3, -0.25) is 14.9 Å². The molecule has 0 aliphatic carbocycles. The van der Waals surface area contributed by atoms with Crippen molar-refractivity contribution >= 4 is 23.4 Å². The number of nitrogen functional groups attached to an aromatic ring is 1. The first kappa shape index (κ1) is 12.0. The molecular weight excluding hydrogens is 260 g/mol. The molecule has 2 heterocycles. The molecule has 2 rings (SSSR count). The Morgan fingerprint density at radius 1 is 1.44 bits per heavy atom. The van der Waals surface area contributed by atoms with Gasteiger partial charge in [0.05, 0.1) is 4.92 Å². The van der Waals surface area contributed by atoms with Gasteiger partial charge in [0, 0.05) is 12.3 Å². The highest BCUT2D eigenvalue weighted by Gasteiger charge is 2.18. The van der Waals surface area contributed by atoms with Crippen molar-refractivity contribution in [2.75, 3.05) is 5.73 Å². The van der Waals surface area contributed by atoms with E-state index in [1.807, 2.05) is 0 Å². The van der Waals surface area contributed by atoms with Crippen LogP contribution in [0.3, 0.4) is 0 Å². The predicted octanol–water partition coefficient (Wildman–Crippen LogP) is 0.201. The van der Waals surface area contributed by atoms with Gasteiger partial charge in [-0.25, -0.2) is 9.97 Å². The van der Waals surface area contributed by atoms with E-state index >= 15 is 0 Å². The molecule has 2 aromatic heterocycles. The second kappa shape index (κ2) is 4.79. The minimum absolute atomic E-state index is 0.0156. The lowest BCUT2D eigenvalue weighted by Crippen LogP contribution is -2.06. The van der Waals surface area contributed by atoms with Crippen molar-refractivity contribution in [3.8, 4) is 0 Å². The van der Waals surface area contributed by atoms with Crippen LogP contribution >= 0.6 is 11.8 Å². The summed E-state index contributed by atoms with van der Waals surface area (Å²) < 4.78 is 0. The van der Waals surface area contributed by atoms with Crippen molar-refractivity contribution in [3.63, 3.8) is 0 Å². The molecule has 0 unspecified atom stereocenters. The van der Waals surface area contributed by atoms with Crippen LogP contribution in [0.25, 0.3) is 0 Å². The first-order valence-corrected chi connectivity index (χ1v) is 5.38. The molecule has 3 N–H and O–H groups in total. The third kappa shape index (κ3) is 2.60. The molecule has 0 amide bonds. The van der Waals surface area contributed by atoms with Gasteiger partial charge < -0.3 is 10.7 Å². The summed E-state index contributed by atoms with van der Waals surface area (Å²) in [5.74, 6) is -0.0959. The topological polar surface area (TPSA) is 141 Å². The molecule has 0 aliphatic heterocycles. The molecule has 9 nitrogen and oxygen atoms in total. The SMILES string of the molecule is Nc1ncc([N+](=O)[O-])c(Sc2nccc(=O)[nH]2)n1. The van der Waals surface area contributed by atoms with E-state index in [0.29, 0.717) is 0 Å². The number of nitrogens with one attached hydrogen (secondary N) is 1. The van der Waals surface area contributed by atoms with Crippen molar-refractivity contribution in [1.29, 1.82) is 0 Å². The molecule has 0 saturated carbocycles. The lowest BCUT2D eigenvalue weighted by atomic mass is 10.5. The van der Waals surface area contributed by atoms with Gasteiger partial charge in [0.2, 0.25) is 5.95 Å². The first-order valence-electron chi connectivity index (χ1n) is 4.56. The monoisotopic (exact) mass is 266 g/mol. The van der Waals surface area contributed by atoms with Crippen LogP contribution in [-0.4, -0.2) is 24.9 Å². The van der Waals surface area contributed by atoms with E-state index in [2.05, 4.69) is 19.9 Å². The first-order chi connectivity index (χ1) is 8.56. The maximum atomic E-state index is 11.1. The average Bonchev–Trinajstić information content (AvgIpc) is 2.28. The van der Waals surface area contributed by atoms with Crippen molar-refractivity contribution in [3.05, 3.63) is 38.9 Å². The molecule has 0 saturated heterocycles. The summed E-state index contributed by atoms with van der Waals surface area (Å²) in [6.07, 6.45) is 2.29. The van der Waals surface area contributed by atoms with Crippen LogP contribution in [0.1, 0.15) is 0 Å². The number of rotatable bonds is 3. The molecule has 0 radical (unpaired) electrons. The number of hydrogen-bond donors (Lipinski definition) is 2. The molecule has 0 spiro atoms. The third-order valence-electron chi connectivity index (χ3n) is 1.79. The van der Waals surface area contributed by atoms with Gasteiger partial charge >= 0.3 is 5.69 Å².